The molecule has 0 radical (unpaired) electrons. The molecule has 0 bridgehead atoms. The molecule has 0 aliphatic rings. The summed E-state index contributed by atoms with van der Waals surface area (Å²) in [4.78, 5) is 12.6. The summed E-state index contributed by atoms with van der Waals surface area (Å²) >= 11 is -1.78. The molecule has 0 aliphatic carbocycles. The normalized spacial score (nSPS) is 12.7. The summed E-state index contributed by atoms with van der Waals surface area (Å²) in [5, 5.41) is 0. The number of carbonyl (C=O) groups is 1. The maximum absolute atomic E-state index is 12.6. The molecule has 2 aromatic carbocycles. The summed E-state index contributed by atoms with van der Waals surface area (Å²) in [5.74, 6) is 0.311. The van der Waals surface area contributed by atoms with Gasteiger partial charge in [-0.1, -0.05) is 35.9 Å². The predicted molar refractivity (Wildman–Crippen MR) is 89.5 cm³/mol. The number of hydrogen-bond acceptors (Lipinski definition) is 3. The van der Waals surface area contributed by atoms with Crippen LogP contribution in [0.3, 0.4) is 0 Å². The van der Waals surface area contributed by atoms with Crippen molar-refractivity contribution in [2.75, 3.05) is 0 Å². The highest BCUT2D eigenvalue weighted by molar-refractivity contribution is 7.83. The number of rotatable bonds is 5. The lowest BCUT2D eigenvalue weighted by Gasteiger charge is -2.22. The molecule has 1 unspecified atom stereocenters. The summed E-state index contributed by atoms with van der Waals surface area (Å²) in [6.45, 7) is 7.13. The van der Waals surface area contributed by atoms with E-state index >= 15 is 0 Å². The predicted octanol–water partition coefficient (Wildman–Crippen LogP) is 4.01. The number of aryl methyl sites for hydroxylation is 2. The van der Waals surface area contributed by atoms with Gasteiger partial charge in [-0.15, -0.1) is 0 Å². The van der Waals surface area contributed by atoms with Gasteiger partial charge in [-0.3, -0.25) is 4.79 Å². The highest BCUT2D eigenvalue weighted by Gasteiger charge is 2.37. The first-order valence-corrected chi connectivity index (χ1v) is 8.16. The first-order valence-electron chi connectivity index (χ1n) is 7.09. The Hall–Kier alpha value is -1.94. The topological polar surface area (TPSA) is 43.4 Å². The highest BCUT2D eigenvalue weighted by atomic mass is 32.2. The minimum absolute atomic E-state index is 0.192. The van der Waals surface area contributed by atoms with E-state index in [1.54, 1.807) is 38.1 Å². The van der Waals surface area contributed by atoms with Crippen molar-refractivity contribution >= 4 is 16.9 Å². The monoisotopic (exact) mass is 316 g/mol. The molecule has 2 aromatic rings. The first kappa shape index (κ1) is 16.4. The smallest absolute Gasteiger partial charge is 0.220 e. The molecule has 0 saturated carbocycles. The molecular formula is C18H20O3S. The fourth-order valence-electron chi connectivity index (χ4n) is 2.07. The van der Waals surface area contributed by atoms with E-state index < -0.39 is 15.8 Å². The van der Waals surface area contributed by atoms with E-state index in [-0.39, 0.29) is 5.78 Å². The Labute approximate surface area is 134 Å². The second-order valence-corrected chi connectivity index (χ2v) is 7.50. The Kier molecular flexibility index (Phi) is 4.81. The zero-order valence-corrected chi connectivity index (χ0v) is 14.1. The molecule has 22 heavy (non-hydrogen) atoms. The van der Waals surface area contributed by atoms with E-state index in [9.17, 15) is 9.00 Å². The van der Waals surface area contributed by atoms with E-state index in [2.05, 4.69) is 0 Å². The van der Waals surface area contributed by atoms with Crippen molar-refractivity contribution < 1.29 is 13.2 Å². The summed E-state index contributed by atoms with van der Waals surface area (Å²) in [5.41, 5.74) is 2.55. The van der Waals surface area contributed by atoms with Gasteiger partial charge in [0.15, 0.2) is 5.78 Å². The first-order chi connectivity index (χ1) is 10.3. The van der Waals surface area contributed by atoms with Crippen LogP contribution in [0.25, 0.3) is 0 Å². The van der Waals surface area contributed by atoms with E-state index in [0.29, 0.717) is 11.3 Å². The Bertz CT molecular complexity index is 720. The van der Waals surface area contributed by atoms with Gasteiger partial charge in [0.05, 0.1) is 0 Å². The molecule has 0 N–H and O–H groups in total. The fourth-order valence-corrected chi connectivity index (χ4v) is 2.82. The van der Waals surface area contributed by atoms with Gasteiger partial charge < -0.3 is 4.18 Å². The number of hydrogen-bond donors (Lipinski definition) is 0. The van der Waals surface area contributed by atoms with E-state index in [1.807, 2.05) is 38.1 Å². The van der Waals surface area contributed by atoms with Crippen molar-refractivity contribution in [1.29, 1.82) is 0 Å². The van der Waals surface area contributed by atoms with Crippen LogP contribution >= 0.6 is 0 Å². The van der Waals surface area contributed by atoms with Crippen LogP contribution in [0.4, 0.5) is 0 Å². The second-order valence-electron chi connectivity index (χ2n) is 5.84. The second kappa shape index (κ2) is 6.44. The van der Waals surface area contributed by atoms with Gasteiger partial charge in [-0.05, 0) is 51.5 Å². The largest absolute Gasteiger partial charge is 0.400 e. The van der Waals surface area contributed by atoms with Gasteiger partial charge in [0, 0.05) is 5.56 Å². The van der Waals surface area contributed by atoms with Crippen molar-refractivity contribution in [2.24, 2.45) is 0 Å². The van der Waals surface area contributed by atoms with Crippen LogP contribution < -0.4 is 4.18 Å². The maximum Gasteiger partial charge on any atom is 0.220 e. The van der Waals surface area contributed by atoms with Crippen LogP contribution in [0, 0.1) is 13.8 Å². The fraction of sp³-hybridized carbons (Fsp3) is 0.278. The van der Waals surface area contributed by atoms with Crippen molar-refractivity contribution in [3.63, 3.8) is 0 Å². The SMILES string of the molecule is Cc1cccc(OS(=O)C(C)(C)C(=O)c2cccc(C)c2)c1. The van der Waals surface area contributed by atoms with Gasteiger partial charge in [0.2, 0.25) is 11.1 Å². The zero-order valence-electron chi connectivity index (χ0n) is 13.3. The average Bonchev–Trinajstić information content (AvgIpc) is 2.46. The van der Waals surface area contributed by atoms with Crippen molar-refractivity contribution in [2.45, 2.75) is 32.4 Å². The molecule has 0 fully saturated rings. The molecule has 0 amide bonds. The molecule has 0 spiro atoms. The van der Waals surface area contributed by atoms with Crippen LogP contribution in [0.15, 0.2) is 48.5 Å². The van der Waals surface area contributed by atoms with E-state index in [1.165, 1.54) is 0 Å². The van der Waals surface area contributed by atoms with Crippen LogP contribution in [0.2, 0.25) is 0 Å². The molecule has 4 heteroatoms. The summed E-state index contributed by atoms with van der Waals surface area (Å²) in [6, 6.07) is 14.6. The molecule has 0 heterocycles. The van der Waals surface area contributed by atoms with Crippen LogP contribution in [0.5, 0.6) is 5.75 Å². The molecule has 2 rings (SSSR count). The molecular weight excluding hydrogens is 296 g/mol. The number of Topliss-reactive ketones (excluding diaryl/α,β-unsaturated/α-hetero) is 1. The lowest BCUT2D eigenvalue weighted by atomic mass is 9.99. The van der Waals surface area contributed by atoms with Crippen LogP contribution in [0.1, 0.15) is 35.3 Å². The van der Waals surface area contributed by atoms with Crippen molar-refractivity contribution in [3.05, 3.63) is 65.2 Å². The summed E-state index contributed by atoms with van der Waals surface area (Å²) < 4.78 is 16.9. The van der Waals surface area contributed by atoms with Gasteiger partial charge in [-0.2, -0.15) is 0 Å². The number of carbonyl (C=O) groups excluding carboxylic acids is 1. The van der Waals surface area contributed by atoms with Crippen molar-refractivity contribution in [1.82, 2.24) is 0 Å². The van der Waals surface area contributed by atoms with Gasteiger partial charge in [0.25, 0.3) is 0 Å². The lowest BCUT2D eigenvalue weighted by molar-refractivity contribution is 0.0953. The maximum atomic E-state index is 12.6. The minimum atomic E-state index is -1.78. The molecule has 0 saturated heterocycles. The molecule has 116 valence electrons. The third-order valence-corrected chi connectivity index (χ3v) is 4.77. The Morgan fingerprint density at radius 2 is 1.59 bits per heavy atom. The minimum Gasteiger partial charge on any atom is -0.400 e. The van der Waals surface area contributed by atoms with Gasteiger partial charge in [-0.25, -0.2) is 4.21 Å². The Morgan fingerprint density at radius 1 is 1.00 bits per heavy atom. The number of benzene rings is 2. The third kappa shape index (κ3) is 3.63. The van der Waals surface area contributed by atoms with Gasteiger partial charge in [0.1, 0.15) is 10.5 Å². The lowest BCUT2D eigenvalue weighted by Crippen LogP contribution is -2.39. The summed E-state index contributed by atoms with van der Waals surface area (Å²) in [6.07, 6.45) is 0. The van der Waals surface area contributed by atoms with Gasteiger partial charge >= 0.3 is 0 Å². The number of ketones is 1. The standard InChI is InChI=1S/C18H20O3S/c1-13-7-5-9-15(11-13)17(19)18(3,4)22(20)21-16-10-6-8-14(2)12-16/h5-12H,1-4H3. The zero-order chi connectivity index (χ0) is 16.3. The molecule has 0 aliphatic heterocycles. The third-order valence-electron chi connectivity index (χ3n) is 3.41. The summed E-state index contributed by atoms with van der Waals surface area (Å²) in [7, 11) is 0. The molecule has 1 atom stereocenters. The van der Waals surface area contributed by atoms with Crippen LogP contribution in [-0.2, 0) is 11.1 Å². The van der Waals surface area contributed by atoms with Crippen molar-refractivity contribution in [3.8, 4) is 5.75 Å². The average molecular weight is 316 g/mol. The highest BCUT2D eigenvalue weighted by Crippen LogP contribution is 2.24. The van der Waals surface area contributed by atoms with E-state index in [0.717, 1.165) is 11.1 Å². The molecule has 3 nitrogen and oxygen atoms in total. The Balaban J connectivity index is 2.21. The Morgan fingerprint density at radius 3 is 2.18 bits per heavy atom. The van der Waals surface area contributed by atoms with E-state index in [4.69, 9.17) is 4.18 Å². The quantitative estimate of drug-likeness (QED) is 0.783. The molecule has 0 aromatic heterocycles. The van der Waals surface area contributed by atoms with Crippen LogP contribution in [-0.4, -0.2) is 14.7 Å².